The SMILES string of the molecule is CCCCOC(=O)C12CCCCC1(C)O2. The third-order valence-corrected chi connectivity index (χ3v) is 3.71. The molecular weight excluding hydrogens is 192 g/mol. The van der Waals surface area contributed by atoms with Gasteiger partial charge in [0.2, 0.25) is 0 Å². The molecular formula is C12H20O3. The maximum absolute atomic E-state index is 11.9. The minimum atomic E-state index is -0.570. The van der Waals surface area contributed by atoms with Crippen LogP contribution in [-0.4, -0.2) is 23.8 Å². The van der Waals surface area contributed by atoms with Gasteiger partial charge in [0.05, 0.1) is 6.61 Å². The first-order valence-electron chi connectivity index (χ1n) is 6.02. The minimum absolute atomic E-state index is 0.127. The molecule has 2 atom stereocenters. The van der Waals surface area contributed by atoms with Gasteiger partial charge in [-0.2, -0.15) is 0 Å². The third-order valence-electron chi connectivity index (χ3n) is 3.71. The van der Waals surface area contributed by atoms with E-state index in [0.29, 0.717) is 6.61 Å². The lowest BCUT2D eigenvalue weighted by atomic mass is 9.80. The molecule has 15 heavy (non-hydrogen) atoms. The number of carbonyl (C=O) groups excluding carboxylic acids is 1. The Kier molecular flexibility index (Phi) is 2.75. The fourth-order valence-electron chi connectivity index (χ4n) is 2.55. The first kappa shape index (κ1) is 10.9. The molecule has 0 N–H and O–H groups in total. The highest BCUT2D eigenvalue weighted by Gasteiger charge is 2.73. The number of rotatable bonds is 4. The van der Waals surface area contributed by atoms with Crippen LogP contribution in [-0.2, 0) is 14.3 Å². The van der Waals surface area contributed by atoms with Gasteiger partial charge in [-0.3, -0.25) is 0 Å². The molecule has 0 aromatic rings. The normalized spacial score (nSPS) is 38.3. The van der Waals surface area contributed by atoms with Gasteiger partial charge in [0.25, 0.3) is 0 Å². The van der Waals surface area contributed by atoms with Crippen molar-refractivity contribution >= 4 is 5.97 Å². The summed E-state index contributed by atoms with van der Waals surface area (Å²) in [7, 11) is 0. The van der Waals surface area contributed by atoms with Gasteiger partial charge >= 0.3 is 5.97 Å². The number of hydrogen-bond acceptors (Lipinski definition) is 3. The molecule has 86 valence electrons. The lowest BCUT2D eigenvalue weighted by Gasteiger charge is -2.20. The van der Waals surface area contributed by atoms with E-state index in [0.717, 1.165) is 32.1 Å². The second-order valence-electron chi connectivity index (χ2n) is 4.86. The van der Waals surface area contributed by atoms with Crippen LogP contribution in [0, 0.1) is 0 Å². The van der Waals surface area contributed by atoms with Gasteiger partial charge < -0.3 is 9.47 Å². The molecule has 1 heterocycles. The maximum atomic E-state index is 11.9. The van der Waals surface area contributed by atoms with Gasteiger partial charge in [-0.25, -0.2) is 4.79 Å². The van der Waals surface area contributed by atoms with Crippen molar-refractivity contribution in [3.63, 3.8) is 0 Å². The van der Waals surface area contributed by atoms with E-state index in [-0.39, 0.29) is 11.6 Å². The molecule has 0 bridgehead atoms. The van der Waals surface area contributed by atoms with Crippen molar-refractivity contribution in [2.45, 2.75) is 63.6 Å². The Bertz CT molecular complexity index is 260. The highest BCUT2D eigenvalue weighted by Crippen LogP contribution is 2.57. The average molecular weight is 212 g/mol. The fourth-order valence-corrected chi connectivity index (χ4v) is 2.55. The Balaban J connectivity index is 1.90. The Labute approximate surface area is 91.1 Å². The fraction of sp³-hybridized carbons (Fsp3) is 0.917. The van der Waals surface area contributed by atoms with E-state index in [1.807, 2.05) is 6.92 Å². The van der Waals surface area contributed by atoms with Crippen molar-refractivity contribution in [2.24, 2.45) is 0 Å². The van der Waals surface area contributed by atoms with E-state index < -0.39 is 5.60 Å². The lowest BCUT2D eigenvalue weighted by molar-refractivity contribution is -0.150. The number of fused-ring (bicyclic) bond motifs is 1. The molecule has 1 aliphatic heterocycles. The molecule has 2 rings (SSSR count). The lowest BCUT2D eigenvalue weighted by Crippen LogP contribution is -2.37. The number of unbranched alkanes of at least 4 members (excludes halogenated alkanes) is 1. The number of hydrogen-bond donors (Lipinski definition) is 0. The molecule has 2 unspecified atom stereocenters. The minimum Gasteiger partial charge on any atom is -0.463 e. The molecule has 2 fully saturated rings. The second kappa shape index (κ2) is 3.78. The summed E-state index contributed by atoms with van der Waals surface area (Å²) >= 11 is 0. The summed E-state index contributed by atoms with van der Waals surface area (Å²) < 4.78 is 10.9. The number of ether oxygens (including phenoxy) is 2. The van der Waals surface area contributed by atoms with Crippen molar-refractivity contribution in [1.29, 1.82) is 0 Å². The van der Waals surface area contributed by atoms with Crippen LogP contribution in [0.25, 0.3) is 0 Å². The van der Waals surface area contributed by atoms with Gasteiger partial charge in [0.1, 0.15) is 5.60 Å². The van der Waals surface area contributed by atoms with Crippen molar-refractivity contribution in [1.82, 2.24) is 0 Å². The molecule has 3 nitrogen and oxygen atoms in total. The molecule has 0 aromatic carbocycles. The molecule has 0 radical (unpaired) electrons. The number of epoxide rings is 1. The van der Waals surface area contributed by atoms with Crippen molar-refractivity contribution in [3.05, 3.63) is 0 Å². The molecule has 2 aliphatic rings. The maximum Gasteiger partial charge on any atom is 0.341 e. The first-order chi connectivity index (χ1) is 7.15. The van der Waals surface area contributed by atoms with Crippen LogP contribution < -0.4 is 0 Å². The van der Waals surface area contributed by atoms with Crippen LogP contribution in [0.5, 0.6) is 0 Å². The van der Waals surface area contributed by atoms with E-state index >= 15 is 0 Å². The molecule has 1 saturated carbocycles. The van der Waals surface area contributed by atoms with Crippen molar-refractivity contribution < 1.29 is 14.3 Å². The molecule has 0 spiro atoms. The molecule has 0 amide bonds. The second-order valence-corrected chi connectivity index (χ2v) is 4.86. The van der Waals surface area contributed by atoms with E-state index in [9.17, 15) is 4.79 Å². The Morgan fingerprint density at radius 1 is 1.40 bits per heavy atom. The summed E-state index contributed by atoms with van der Waals surface area (Å²) in [6.45, 7) is 4.66. The molecule has 1 saturated heterocycles. The van der Waals surface area contributed by atoms with E-state index in [2.05, 4.69) is 6.92 Å². The summed E-state index contributed by atoms with van der Waals surface area (Å²) in [5, 5.41) is 0. The zero-order valence-electron chi connectivity index (χ0n) is 9.67. The Hall–Kier alpha value is -0.570. The smallest absolute Gasteiger partial charge is 0.341 e. The average Bonchev–Trinajstić information content (AvgIpc) is 2.86. The van der Waals surface area contributed by atoms with Crippen molar-refractivity contribution in [2.75, 3.05) is 6.61 Å². The highest BCUT2D eigenvalue weighted by molar-refractivity contribution is 5.85. The van der Waals surface area contributed by atoms with E-state index in [1.165, 1.54) is 6.42 Å². The zero-order chi connectivity index (χ0) is 10.9. The van der Waals surface area contributed by atoms with Crippen LogP contribution in [0.1, 0.15) is 52.4 Å². The summed E-state index contributed by atoms with van der Waals surface area (Å²) in [5.74, 6) is -0.127. The van der Waals surface area contributed by atoms with Crippen molar-refractivity contribution in [3.8, 4) is 0 Å². The van der Waals surface area contributed by atoms with Crippen LogP contribution in [0.15, 0.2) is 0 Å². The van der Waals surface area contributed by atoms with Gasteiger partial charge in [0, 0.05) is 0 Å². The molecule has 1 aliphatic carbocycles. The number of esters is 1. The van der Waals surface area contributed by atoms with E-state index in [1.54, 1.807) is 0 Å². The zero-order valence-corrected chi connectivity index (χ0v) is 9.67. The highest BCUT2D eigenvalue weighted by atomic mass is 16.7. The Morgan fingerprint density at radius 3 is 2.80 bits per heavy atom. The Morgan fingerprint density at radius 2 is 2.13 bits per heavy atom. The summed E-state index contributed by atoms with van der Waals surface area (Å²) in [5.41, 5.74) is -0.784. The summed E-state index contributed by atoms with van der Waals surface area (Å²) in [6, 6.07) is 0. The first-order valence-corrected chi connectivity index (χ1v) is 6.02. The summed E-state index contributed by atoms with van der Waals surface area (Å²) in [6.07, 6.45) is 6.08. The van der Waals surface area contributed by atoms with Crippen LogP contribution in [0.2, 0.25) is 0 Å². The largest absolute Gasteiger partial charge is 0.463 e. The molecule has 3 heteroatoms. The van der Waals surface area contributed by atoms with Gasteiger partial charge in [-0.15, -0.1) is 0 Å². The number of carbonyl (C=O) groups is 1. The van der Waals surface area contributed by atoms with E-state index in [4.69, 9.17) is 9.47 Å². The topological polar surface area (TPSA) is 38.8 Å². The van der Waals surface area contributed by atoms with Gasteiger partial charge in [-0.1, -0.05) is 19.8 Å². The molecule has 0 aromatic heterocycles. The van der Waals surface area contributed by atoms with Gasteiger partial charge in [-0.05, 0) is 32.6 Å². The monoisotopic (exact) mass is 212 g/mol. The standard InChI is InChI=1S/C12H20O3/c1-3-4-9-14-10(13)12-8-6-5-7-11(12,2)15-12/h3-9H2,1-2H3. The van der Waals surface area contributed by atoms with Gasteiger partial charge in [0.15, 0.2) is 5.60 Å². The van der Waals surface area contributed by atoms with Crippen LogP contribution in [0.4, 0.5) is 0 Å². The quantitative estimate of drug-likeness (QED) is 0.408. The third kappa shape index (κ3) is 1.67. The predicted octanol–water partition coefficient (Wildman–Crippen LogP) is 2.43. The summed E-state index contributed by atoms with van der Waals surface area (Å²) in [4.78, 5) is 11.9. The van der Waals surface area contributed by atoms with Crippen LogP contribution in [0.3, 0.4) is 0 Å². The van der Waals surface area contributed by atoms with Crippen LogP contribution >= 0.6 is 0 Å². The predicted molar refractivity (Wildman–Crippen MR) is 56.6 cm³/mol.